The number of rotatable bonds is 4. The molecular weight excluding hydrogens is 434 g/mol. The molecule has 0 saturated carbocycles. The van der Waals surface area contributed by atoms with Crippen molar-refractivity contribution >= 4 is 27.3 Å². The number of nitrogens with zero attached hydrogens (tertiary/aromatic N) is 3. The summed E-state index contributed by atoms with van der Waals surface area (Å²) in [5.41, 5.74) is 2.68. The second-order valence-corrected chi connectivity index (χ2v) is 10.8. The van der Waals surface area contributed by atoms with Gasteiger partial charge in [0.25, 0.3) is 5.91 Å². The first-order chi connectivity index (χ1) is 14.9. The molecule has 2 aromatic heterocycles. The number of carbonyl (C=O) groups excluding carboxylic acids is 1. The minimum absolute atomic E-state index is 0.223. The van der Waals surface area contributed by atoms with Crippen LogP contribution in [0.15, 0.2) is 45.0 Å². The van der Waals surface area contributed by atoms with Gasteiger partial charge >= 0.3 is 0 Å². The van der Waals surface area contributed by atoms with Crippen LogP contribution in [0.2, 0.25) is 0 Å². The van der Waals surface area contributed by atoms with Crippen molar-refractivity contribution in [3.8, 4) is 10.8 Å². The fraction of sp³-hybridized carbons (Fsp3) is 0.364. The lowest BCUT2D eigenvalue weighted by molar-refractivity contribution is 0.0691. The van der Waals surface area contributed by atoms with E-state index in [1.165, 1.54) is 21.2 Å². The Morgan fingerprint density at radius 3 is 2.61 bits per heavy atom. The molecule has 1 amide bonds. The van der Waals surface area contributed by atoms with Crippen molar-refractivity contribution in [3.63, 3.8) is 0 Å². The molecule has 5 rings (SSSR count). The number of hydrogen-bond acceptors (Lipinski definition) is 6. The van der Waals surface area contributed by atoms with Gasteiger partial charge in [0.05, 0.1) is 9.77 Å². The van der Waals surface area contributed by atoms with Crippen molar-refractivity contribution in [3.05, 3.63) is 58.3 Å². The van der Waals surface area contributed by atoms with Crippen molar-refractivity contribution in [2.45, 2.75) is 31.1 Å². The Morgan fingerprint density at radius 2 is 1.87 bits per heavy atom. The molecule has 0 atom stereocenters. The number of benzene rings is 1. The summed E-state index contributed by atoms with van der Waals surface area (Å²) < 4.78 is 33.4. The fourth-order valence-corrected chi connectivity index (χ4v) is 6.36. The number of amides is 1. The predicted molar refractivity (Wildman–Crippen MR) is 118 cm³/mol. The standard InChI is InChI=1S/C22H23N3O4S2/c1-15-20(23-21(29-15)19-6-3-13-30-19)22(26)24-9-11-25(12-10-24)31(27,28)18-8-7-16-4-2-5-17(16)14-18/h3,6-8,13-14H,2,4-5,9-12H2,1H3. The van der Waals surface area contributed by atoms with E-state index < -0.39 is 10.0 Å². The topological polar surface area (TPSA) is 83.7 Å². The maximum atomic E-state index is 13.1. The zero-order valence-electron chi connectivity index (χ0n) is 17.2. The minimum atomic E-state index is -3.57. The molecule has 2 aliphatic rings. The molecule has 0 unspecified atom stereocenters. The average Bonchev–Trinajstić information content (AvgIpc) is 3.53. The van der Waals surface area contributed by atoms with E-state index in [0.29, 0.717) is 35.3 Å². The minimum Gasteiger partial charge on any atom is -0.440 e. The lowest BCUT2D eigenvalue weighted by atomic mass is 10.1. The van der Waals surface area contributed by atoms with Crippen molar-refractivity contribution in [2.24, 2.45) is 0 Å². The van der Waals surface area contributed by atoms with E-state index >= 15 is 0 Å². The Labute approximate surface area is 185 Å². The molecule has 0 radical (unpaired) electrons. The number of fused-ring (bicyclic) bond motifs is 1. The molecule has 0 bridgehead atoms. The van der Waals surface area contributed by atoms with Crippen LogP contribution < -0.4 is 0 Å². The van der Waals surface area contributed by atoms with E-state index in [1.54, 1.807) is 17.9 Å². The third-order valence-electron chi connectivity index (χ3n) is 5.96. The average molecular weight is 458 g/mol. The quantitative estimate of drug-likeness (QED) is 0.600. The smallest absolute Gasteiger partial charge is 0.276 e. The molecule has 1 aromatic carbocycles. The van der Waals surface area contributed by atoms with Crippen LogP contribution in [0.25, 0.3) is 10.8 Å². The third-order valence-corrected chi connectivity index (χ3v) is 8.72. The van der Waals surface area contributed by atoms with E-state index in [4.69, 9.17) is 4.42 Å². The number of hydrogen-bond donors (Lipinski definition) is 0. The van der Waals surface area contributed by atoms with Crippen molar-refractivity contribution < 1.29 is 17.6 Å². The van der Waals surface area contributed by atoms with Gasteiger partial charge in [-0.3, -0.25) is 4.79 Å². The first kappa shape index (κ1) is 20.4. The molecule has 1 aliphatic heterocycles. The SMILES string of the molecule is Cc1oc(-c2cccs2)nc1C(=O)N1CCN(S(=O)(=O)c2ccc3c(c2)CCC3)CC1. The highest BCUT2D eigenvalue weighted by molar-refractivity contribution is 7.89. The molecule has 1 saturated heterocycles. The summed E-state index contributed by atoms with van der Waals surface area (Å²) in [7, 11) is -3.57. The van der Waals surface area contributed by atoms with E-state index in [9.17, 15) is 13.2 Å². The van der Waals surface area contributed by atoms with Gasteiger partial charge < -0.3 is 9.32 Å². The van der Waals surface area contributed by atoms with E-state index in [-0.39, 0.29) is 19.0 Å². The van der Waals surface area contributed by atoms with Gasteiger partial charge in [-0.2, -0.15) is 4.31 Å². The van der Waals surface area contributed by atoms with Crippen LogP contribution >= 0.6 is 11.3 Å². The van der Waals surface area contributed by atoms with Crippen molar-refractivity contribution in [2.75, 3.05) is 26.2 Å². The summed E-state index contributed by atoms with van der Waals surface area (Å²) >= 11 is 1.50. The van der Waals surface area contributed by atoms with Crippen molar-refractivity contribution in [1.29, 1.82) is 0 Å². The summed E-state index contributed by atoms with van der Waals surface area (Å²) in [4.78, 5) is 20.3. The van der Waals surface area contributed by atoms with Gasteiger partial charge in [-0.25, -0.2) is 13.4 Å². The highest BCUT2D eigenvalue weighted by atomic mass is 32.2. The van der Waals surface area contributed by atoms with E-state index in [2.05, 4.69) is 4.98 Å². The van der Waals surface area contributed by atoms with Crippen LogP contribution in [0.5, 0.6) is 0 Å². The third kappa shape index (κ3) is 3.71. The number of thiophene rings is 1. The Bertz CT molecular complexity index is 1220. The van der Waals surface area contributed by atoms with Crippen LogP contribution in [0.4, 0.5) is 0 Å². The molecule has 0 N–H and O–H groups in total. The lowest BCUT2D eigenvalue weighted by Crippen LogP contribution is -2.50. The summed E-state index contributed by atoms with van der Waals surface area (Å²) in [5.74, 6) is 0.689. The molecule has 3 aromatic rings. The van der Waals surface area contributed by atoms with Gasteiger partial charge in [0, 0.05) is 26.2 Å². The monoisotopic (exact) mass is 457 g/mol. The van der Waals surface area contributed by atoms with Crippen LogP contribution in [-0.2, 0) is 22.9 Å². The predicted octanol–water partition coefficient (Wildman–Crippen LogP) is 3.35. The molecule has 3 heterocycles. The number of sulfonamides is 1. The number of piperazine rings is 1. The molecule has 9 heteroatoms. The zero-order valence-corrected chi connectivity index (χ0v) is 18.8. The Balaban J connectivity index is 1.29. The van der Waals surface area contributed by atoms with Gasteiger partial charge in [-0.05, 0) is 60.9 Å². The number of aryl methyl sites for hydroxylation is 3. The van der Waals surface area contributed by atoms with Gasteiger partial charge in [-0.15, -0.1) is 11.3 Å². The highest BCUT2D eigenvalue weighted by Crippen LogP contribution is 2.28. The second kappa shape index (κ2) is 7.89. The van der Waals surface area contributed by atoms with Gasteiger partial charge in [0.1, 0.15) is 5.76 Å². The molecule has 1 fully saturated rings. The maximum Gasteiger partial charge on any atom is 0.276 e. The molecular formula is C22H23N3O4S2. The molecule has 31 heavy (non-hydrogen) atoms. The second-order valence-electron chi connectivity index (χ2n) is 7.88. The maximum absolute atomic E-state index is 13.1. The number of carbonyl (C=O) groups is 1. The summed E-state index contributed by atoms with van der Waals surface area (Å²) in [5, 5.41) is 1.93. The number of oxazole rings is 1. The molecule has 0 spiro atoms. The Kier molecular flexibility index (Phi) is 5.19. The van der Waals surface area contributed by atoms with Crippen LogP contribution in [0.1, 0.15) is 33.8 Å². The summed E-state index contributed by atoms with van der Waals surface area (Å²) in [6.07, 6.45) is 3.03. The summed E-state index contributed by atoms with van der Waals surface area (Å²) in [6.45, 7) is 2.90. The van der Waals surface area contributed by atoms with Gasteiger partial charge in [-0.1, -0.05) is 12.1 Å². The number of aromatic nitrogens is 1. The van der Waals surface area contributed by atoms with Crippen LogP contribution in [0, 0.1) is 6.92 Å². The largest absolute Gasteiger partial charge is 0.440 e. The van der Waals surface area contributed by atoms with Crippen LogP contribution in [-0.4, -0.2) is 54.7 Å². The normalized spacial score (nSPS) is 17.1. The van der Waals surface area contributed by atoms with E-state index in [1.807, 2.05) is 29.6 Å². The molecule has 7 nitrogen and oxygen atoms in total. The fourth-order valence-electron chi connectivity index (χ4n) is 4.24. The van der Waals surface area contributed by atoms with Crippen LogP contribution in [0.3, 0.4) is 0 Å². The lowest BCUT2D eigenvalue weighted by Gasteiger charge is -2.33. The summed E-state index contributed by atoms with van der Waals surface area (Å²) in [6, 6.07) is 9.27. The van der Waals surface area contributed by atoms with Gasteiger partial charge in [0.15, 0.2) is 5.69 Å². The molecule has 162 valence electrons. The molecule has 1 aliphatic carbocycles. The van der Waals surface area contributed by atoms with Crippen molar-refractivity contribution in [1.82, 2.24) is 14.2 Å². The Hall–Kier alpha value is -2.49. The first-order valence-corrected chi connectivity index (χ1v) is 12.7. The zero-order chi connectivity index (χ0) is 21.6. The highest BCUT2D eigenvalue weighted by Gasteiger charge is 2.32. The Morgan fingerprint density at radius 1 is 1.10 bits per heavy atom. The van der Waals surface area contributed by atoms with Gasteiger partial charge in [0.2, 0.25) is 15.9 Å². The first-order valence-electron chi connectivity index (χ1n) is 10.4. The van der Waals surface area contributed by atoms with E-state index in [0.717, 1.165) is 29.7 Å².